The number of rotatable bonds is 4. The number of nitrogens with one attached hydrogen (secondary N) is 1. The lowest BCUT2D eigenvalue weighted by Gasteiger charge is -2.43. The monoisotopic (exact) mass is 348 g/mol. The largest absolute Gasteiger partial charge is 0.362 e. The van der Waals surface area contributed by atoms with Crippen molar-refractivity contribution in [2.45, 2.75) is 38.9 Å². The maximum Gasteiger partial charge on any atom is 0.142 e. The van der Waals surface area contributed by atoms with E-state index in [0.717, 1.165) is 19.6 Å². The molecule has 4 rings (SSSR count). The van der Waals surface area contributed by atoms with Crippen LogP contribution in [0.4, 0.5) is 11.4 Å². The summed E-state index contributed by atoms with van der Waals surface area (Å²) in [6, 6.07) is 19.8. The second-order valence-electron chi connectivity index (χ2n) is 6.93. The van der Waals surface area contributed by atoms with Crippen molar-refractivity contribution in [1.82, 2.24) is 4.90 Å². The van der Waals surface area contributed by atoms with Crippen LogP contribution in [-0.2, 0) is 0 Å². The van der Waals surface area contributed by atoms with Gasteiger partial charge in [-0.25, -0.2) is 4.99 Å². The van der Waals surface area contributed by atoms with Gasteiger partial charge in [-0.3, -0.25) is 0 Å². The van der Waals surface area contributed by atoms with Crippen molar-refractivity contribution < 1.29 is 0 Å². The predicted molar refractivity (Wildman–Crippen MR) is 110 cm³/mol. The number of likely N-dealkylation sites (N-methyl/N-ethyl adjacent to an activating group) is 2. The van der Waals surface area contributed by atoms with Crippen LogP contribution in [0, 0.1) is 0 Å². The molecule has 0 bridgehead atoms. The molecule has 0 radical (unpaired) electrons. The first kappa shape index (κ1) is 17.0. The first-order valence-electron chi connectivity index (χ1n) is 9.78. The van der Waals surface area contributed by atoms with Crippen LogP contribution >= 0.6 is 0 Å². The van der Waals surface area contributed by atoms with Gasteiger partial charge in [-0.15, -0.1) is 0 Å². The highest BCUT2D eigenvalue weighted by molar-refractivity contribution is 5.94. The number of hydrogen-bond donors (Lipinski definition) is 1. The lowest BCUT2D eigenvalue weighted by Crippen LogP contribution is -2.51. The summed E-state index contributed by atoms with van der Waals surface area (Å²) in [6.45, 7) is 9.63. The molecule has 0 saturated heterocycles. The van der Waals surface area contributed by atoms with Gasteiger partial charge < -0.3 is 15.1 Å². The lowest BCUT2D eigenvalue weighted by molar-refractivity contribution is 0.443. The second kappa shape index (κ2) is 7.02. The number of para-hydroxylation sites is 2. The van der Waals surface area contributed by atoms with Gasteiger partial charge in [0.1, 0.15) is 12.0 Å². The van der Waals surface area contributed by atoms with Crippen LogP contribution in [0.5, 0.6) is 0 Å². The molecule has 3 atom stereocenters. The van der Waals surface area contributed by atoms with E-state index in [-0.39, 0.29) is 12.1 Å². The standard InChI is InChI=1S/C22H28N4/c1-4-25(5-2)22-19(16-12-8-7-9-13-16)20-21(24-22)23-17-14-10-11-15-18(17)26(20)6-3/h7-15,19-21,23H,4-6H2,1-3H3/t19-,20-,21-/m0/s1. The maximum absolute atomic E-state index is 5.20. The zero-order valence-corrected chi connectivity index (χ0v) is 15.9. The van der Waals surface area contributed by atoms with Crippen LogP contribution in [0.3, 0.4) is 0 Å². The van der Waals surface area contributed by atoms with Crippen LogP contribution in [0.25, 0.3) is 0 Å². The van der Waals surface area contributed by atoms with Crippen molar-refractivity contribution in [1.29, 1.82) is 0 Å². The van der Waals surface area contributed by atoms with Gasteiger partial charge in [0.15, 0.2) is 0 Å². The van der Waals surface area contributed by atoms with E-state index in [1.807, 2.05) is 0 Å². The SMILES string of the molecule is CCN(CC)C1=N[C@@H]2Nc3ccccc3N(CC)[C@H]2[C@@H]1c1ccccc1. The summed E-state index contributed by atoms with van der Waals surface area (Å²) in [4.78, 5) is 10.1. The minimum atomic E-state index is 0.0886. The second-order valence-corrected chi connectivity index (χ2v) is 6.93. The number of fused-ring (bicyclic) bond motifs is 2. The van der Waals surface area contributed by atoms with E-state index in [9.17, 15) is 0 Å². The molecule has 26 heavy (non-hydrogen) atoms. The minimum absolute atomic E-state index is 0.0886. The normalized spacial score (nSPS) is 23.7. The van der Waals surface area contributed by atoms with Crippen molar-refractivity contribution in [3.8, 4) is 0 Å². The molecule has 0 amide bonds. The zero-order chi connectivity index (χ0) is 18.1. The van der Waals surface area contributed by atoms with E-state index in [0.29, 0.717) is 6.04 Å². The van der Waals surface area contributed by atoms with E-state index in [4.69, 9.17) is 4.99 Å². The number of aliphatic imine (C=N–C) groups is 1. The zero-order valence-electron chi connectivity index (χ0n) is 15.9. The Balaban J connectivity index is 1.82. The molecule has 2 aromatic rings. The Morgan fingerprint density at radius 1 is 0.962 bits per heavy atom. The van der Waals surface area contributed by atoms with Crippen LogP contribution < -0.4 is 10.2 Å². The average Bonchev–Trinajstić information content (AvgIpc) is 3.06. The Morgan fingerprint density at radius 2 is 1.65 bits per heavy atom. The third-order valence-electron chi connectivity index (χ3n) is 5.68. The first-order valence-corrected chi connectivity index (χ1v) is 9.78. The Kier molecular flexibility index (Phi) is 4.58. The number of amidine groups is 1. The van der Waals surface area contributed by atoms with Crippen LogP contribution in [-0.4, -0.2) is 42.6 Å². The van der Waals surface area contributed by atoms with Gasteiger partial charge in [-0.05, 0) is 38.5 Å². The summed E-state index contributed by atoms with van der Waals surface area (Å²) in [7, 11) is 0. The summed E-state index contributed by atoms with van der Waals surface area (Å²) < 4.78 is 0. The molecule has 1 N–H and O–H groups in total. The van der Waals surface area contributed by atoms with Gasteiger partial charge in [0.2, 0.25) is 0 Å². The van der Waals surface area contributed by atoms with Gasteiger partial charge in [0.05, 0.1) is 23.3 Å². The maximum atomic E-state index is 5.20. The fourth-order valence-corrected chi connectivity index (χ4v) is 4.48. The number of nitrogens with zero attached hydrogens (tertiary/aromatic N) is 3. The predicted octanol–water partition coefficient (Wildman–Crippen LogP) is 4.17. The molecule has 2 aliphatic rings. The molecule has 2 heterocycles. The van der Waals surface area contributed by atoms with Crippen molar-refractivity contribution in [3.63, 3.8) is 0 Å². The Morgan fingerprint density at radius 3 is 2.35 bits per heavy atom. The van der Waals surface area contributed by atoms with Crippen molar-refractivity contribution in [2.24, 2.45) is 4.99 Å². The molecular weight excluding hydrogens is 320 g/mol. The topological polar surface area (TPSA) is 30.9 Å². The smallest absolute Gasteiger partial charge is 0.142 e. The molecule has 4 nitrogen and oxygen atoms in total. The minimum Gasteiger partial charge on any atom is -0.362 e. The van der Waals surface area contributed by atoms with Crippen LogP contribution in [0.15, 0.2) is 59.6 Å². The quantitative estimate of drug-likeness (QED) is 0.900. The van der Waals surface area contributed by atoms with Gasteiger partial charge >= 0.3 is 0 Å². The third-order valence-corrected chi connectivity index (χ3v) is 5.68. The highest BCUT2D eigenvalue weighted by Crippen LogP contribution is 2.43. The van der Waals surface area contributed by atoms with Gasteiger partial charge in [-0.2, -0.15) is 0 Å². The van der Waals surface area contributed by atoms with E-state index >= 15 is 0 Å². The van der Waals surface area contributed by atoms with Gasteiger partial charge in [0.25, 0.3) is 0 Å². The summed E-state index contributed by atoms with van der Waals surface area (Å²) in [5.41, 5.74) is 3.82. The molecule has 2 aromatic carbocycles. The molecular formula is C22H28N4. The Labute approximate surface area is 156 Å². The Bertz CT molecular complexity index is 782. The first-order chi connectivity index (χ1) is 12.8. The Hall–Kier alpha value is -2.49. The lowest BCUT2D eigenvalue weighted by atomic mass is 9.87. The van der Waals surface area contributed by atoms with E-state index in [2.05, 4.69) is 90.5 Å². The molecule has 4 heteroatoms. The van der Waals surface area contributed by atoms with Crippen molar-refractivity contribution >= 4 is 17.2 Å². The molecule has 0 aromatic heterocycles. The van der Waals surface area contributed by atoms with E-state index < -0.39 is 0 Å². The molecule has 136 valence electrons. The summed E-state index contributed by atoms with van der Waals surface area (Å²) in [5.74, 6) is 1.50. The van der Waals surface area contributed by atoms with E-state index in [1.165, 1.54) is 22.8 Å². The third kappa shape index (κ3) is 2.64. The van der Waals surface area contributed by atoms with E-state index in [1.54, 1.807) is 0 Å². The average molecular weight is 348 g/mol. The van der Waals surface area contributed by atoms with Crippen molar-refractivity contribution in [3.05, 3.63) is 60.2 Å². The molecule has 0 spiro atoms. The number of anilines is 2. The highest BCUT2D eigenvalue weighted by atomic mass is 15.3. The highest BCUT2D eigenvalue weighted by Gasteiger charge is 2.47. The molecule has 0 saturated carbocycles. The summed E-state index contributed by atoms with van der Waals surface area (Å²) in [5, 5.41) is 3.70. The molecule has 2 aliphatic heterocycles. The molecule has 0 fully saturated rings. The number of benzene rings is 2. The fraction of sp³-hybridized carbons (Fsp3) is 0.409. The van der Waals surface area contributed by atoms with Gasteiger partial charge in [0, 0.05) is 19.6 Å². The van der Waals surface area contributed by atoms with Gasteiger partial charge in [-0.1, -0.05) is 42.5 Å². The summed E-state index contributed by atoms with van der Waals surface area (Å²) in [6.07, 6.45) is 0.0886. The number of hydrogen-bond acceptors (Lipinski definition) is 4. The van der Waals surface area contributed by atoms with Crippen LogP contribution in [0.2, 0.25) is 0 Å². The fourth-order valence-electron chi connectivity index (χ4n) is 4.48. The molecule has 0 unspecified atom stereocenters. The summed E-state index contributed by atoms with van der Waals surface area (Å²) >= 11 is 0. The molecule has 0 aliphatic carbocycles. The van der Waals surface area contributed by atoms with Crippen LogP contribution in [0.1, 0.15) is 32.3 Å². The van der Waals surface area contributed by atoms with Crippen molar-refractivity contribution in [2.75, 3.05) is 29.9 Å².